The molecule has 0 fully saturated rings. The number of pyridine rings is 1. The Morgan fingerprint density at radius 2 is 2.00 bits per heavy atom. The van der Waals surface area contributed by atoms with E-state index in [9.17, 15) is 8.42 Å². The number of thiophene rings is 1. The Kier molecular flexibility index (Phi) is 3.17. The maximum absolute atomic E-state index is 12.0. The lowest BCUT2D eigenvalue weighted by atomic mass is 10.3. The first-order chi connectivity index (χ1) is 7.97. The largest absolute Gasteiger partial charge is 0.277 e. The van der Waals surface area contributed by atoms with Gasteiger partial charge in [-0.3, -0.25) is 9.71 Å². The predicted octanol–water partition coefficient (Wildman–Crippen LogP) is 2.56. The van der Waals surface area contributed by atoms with Crippen molar-refractivity contribution in [2.24, 2.45) is 0 Å². The minimum Gasteiger partial charge on any atom is -0.277 e. The van der Waals surface area contributed by atoms with Crippen LogP contribution in [0.1, 0.15) is 10.4 Å². The SMILES string of the molecule is Cc1cncc(NS(=O)(=O)c2ccc(C)s2)c1. The highest BCUT2D eigenvalue weighted by molar-refractivity contribution is 7.94. The predicted molar refractivity (Wildman–Crippen MR) is 68.8 cm³/mol. The molecule has 0 saturated heterocycles. The topological polar surface area (TPSA) is 59.1 Å². The van der Waals surface area contributed by atoms with E-state index >= 15 is 0 Å². The average molecular weight is 268 g/mol. The molecular weight excluding hydrogens is 256 g/mol. The van der Waals surface area contributed by atoms with Gasteiger partial charge >= 0.3 is 0 Å². The number of anilines is 1. The highest BCUT2D eigenvalue weighted by Crippen LogP contribution is 2.23. The number of sulfonamides is 1. The van der Waals surface area contributed by atoms with E-state index in [1.54, 1.807) is 24.4 Å². The molecule has 2 aromatic rings. The molecule has 0 amide bonds. The molecule has 0 spiro atoms. The van der Waals surface area contributed by atoms with Crippen molar-refractivity contribution >= 4 is 27.0 Å². The van der Waals surface area contributed by atoms with Gasteiger partial charge in [0.25, 0.3) is 10.0 Å². The van der Waals surface area contributed by atoms with E-state index in [1.165, 1.54) is 17.5 Å². The van der Waals surface area contributed by atoms with Gasteiger partial charge in [-0.25, -0.2) is 8.42 Å². The standard InChI is InChI=1S/C11H12N2O2S2/c1-8-5-10(7-12-6-8)13-17(14,15)11-4-3-9(2)16-11/h3-7,13H,1-2H3. The molecule has 2 heterocycles. The fourth-order valence-electron chi connectivity index (χ4n) is 1.37. The summed E-state index contributed by atoms with van der Waals surface area (Å²) in [5.74, 6) is 0. The van der Waals surface area contributed by atoms with Crippen LogP contribution in [0, 0.1) is 13.8 Å². The first-order valence-corrected chi connectivity index (χ1v) is 7.28. The molecule has 90 valence electrons. The van der Waals surface area contributed by atoms with Crippen molar-refractivity contribution in [1.82, 2.24) is 4.98 Å². The number of hydrogen-bond donors (Lipinski definition) is 1. The van der Waals surface area contributed by atoms with E-state index in [4.69, 9.17) is 0 Å². The second kappa shape index (κ2) is 4.46. The zero-order valence-electron chi connectivity index (χ0n) is 9.47. The number of nitrogens with zero attached hydrogens (tertiary/aromatic N) is 1. The van der Waals surface area contributed by atoms with Crippen LogP contribution < -0.4 is 4.72 Å². The third-order valence-electron chi connectivity index (χ3n) is 2.11. The maximum atomic E-state index is 12.0. The molecule has 0 radical (unpaired) electrons. The Hall–Kier alpha value is -1.40. The summed E-state index contributed by atoms with van der Waals surface area (Å²) in [7, 11) is -3.48. The zero-order chi connectivity index (χ0) is 12.5. The van der Waals surface area contributed by atoms with Gasteiger partial charge in [-0.2, -0.15) is 0 Å². The Labute approximate surface area is 104 Å². The Morgan fingerprint density at radius 1 is 1.24 bits per heavy atom. The lowest BCUT2D eigenvalue weighted by molar-refractivity contribution is 0.603. The highest BCUT2D eigenvalue weighted by atomic mass is 32.2. The molecule has 2 aromatic heterocycles. The number of rotatable bonds is 3. The van der Waals surface area contributed by atoms with Crippen molar-refractivity contribution in [1.29, 1.82) is 0 Å². The van der Waals surface area contributed by atoms with Gasteiger partial charge in [0.1, 0.15) is 4.21 Å². The van der Waals surface area contributed by atoms with Crippen LogP contribution >= 0.6 is 11.3 Å². The number of nitrogens with one attached hydrogen (secondary N) is 1. The van der Waals surface area contributed by atoms with Crippen LogP contribution in [0.5, 0.6) is 0 Å². The molecule has 4 nitrogen and oxygen atoms in total. The third kappa shape index (κ3) is 2.83. The quantitative estimate of drug-likeness (QED) is 0.930. The molecule has 0 saturated carbocycles. The molecule has 17 heavy (non-hydrogen) atoms. The van der Waals surface area contributed by atoms with Gasteiger partial charge in [0.2, 0.25) is 0 Å². The number of aryl methyl sites for hydroxylation is 2. The van der Waals surface area contributed by atoms with Gasteiger partial charge in [0, 0.05) is 11.1 Å². The molecule has 0 unspecified atom stereocenters. The molecule has 1 N–H and O–H groups in total. The van der Waals surface area contributed by atoms with E-state index in [0.717, 1.165) is 10.4 Å². The van der Waals surface area contributed by atoms with Crippen LogP contribution in [-0.4, -0.2) is 13.4 Å². The van der Waals surface area contributed by atoms with Crippen molar-refractivity contribution in [2.45, 2.75) is 18.1 Å². The van der Waals surface area contributed by atoms with E-state index in [2.05, 4.69) is 9.71 Å². The summed E-state index contributed by atoms with van der Waals surface area (Å²) >= 11 is 1.25. The Balaban J connectivity index is 2.29. The molecule has 0 aliphatic rings. The lowest BCUT2D eigenvalue weighted by Crippen LogP contribution is -2.11. The third-order valence-corrected chi connectivity index (χ3v) is 4.98. The average Bonchev–Trinajstić information content (AvgIpc) is 2.65. The van der Waals surface area contributed by atoms with Crippen LogP contribution in [0.3, 0.4) is 0 Å². The van der Waals surface area contributed by atoms with Crippen LogP contribution in [0.4, 0.5) is 5.69 Å². The first-order valence-electron chi connectivity index (χ1n) is 4.98. The molecule has 2 rings (SSSR count). The molecule has 0 aromatic carbocycles. The van der Waals surface area contributed by atoms with Crippen molar-refractivity contribution < 1.29 is 8.42 Å². The minimum absolute atomic E-state index is 0.316. The van der Waals surface area contributed by atoms with E-state index in [1.807, 2.05) is 13.8 Å². The van der Waals surface area contributed by atoms with Crippen LogP contribution in [0.2, 0.25) is 0 Å². The summed E-state index contributed by atoms with van der Waals surface area (Å²) in [6, 6.07) is 5.13. The molecule has 0 bridgehead atoms. The summed E-state index contributed by atoms with van der Waals surface area (Å²) in [5.41, 5.74) is 1.39. The van der Waals surface area contributed by atoms with Gasteiger partial charge in [0.05, 0.1) is 11.9 Å². The van der Waals surface area contributed by atoms with E-state index < -0.39 is 10.0 Å². The maximum Gasteiger partial charge on any atom is 0.271 e. The van der Waals surface area contributed by atoms with E-state index in [0.29, 0.717) is 9.90 Å². The zero-order valence-corrected chi connectivity index (χ0v) is 11.1. The highest BCUT2D eigenvalue weighted by Gasteiger charge is 2.16. The van der Waals surface area contributed by atoms with Crippen molar-refractivity contribution in [3.63, 3.8) is 0 Å². The fraction of sp³-hybridized carbons (Fsp3) is 0.182. The smallest absolute Gasteiger partial charge is 0.271 e. The van der Waals surface area contributed by atoms with Gasteiger partial charge < -0.3 is 0 Å². The molecule has 6 heteroatoms. The summed E-state index contributed by atoms with van der Waals surface area (Å²) in [6.07, 6.45) is 3.16. The van der Waals surface area contributed by atoms with Crippen LogP contribution in [-0.2, 0) is 10.0 Å². The minimum atomic E-state index is -3.48. The number of aromatic nitrogens is 1. The normalized spacial score (nSPS) is 11.4. The van der Waals surface area contributed by atoms with Gasteiger partial charge in [-0.1, -0.05) is 0 Å². The second-order valence-electron chi connectivity index (χ2n) is 3.72. The molecule has 0 aliphatic carbocycles. The van der Waals surface area contributed by atoms with Gasteiger partial charge in [-0.05, 0) is 37.6 Å². The number of hydrogen-bond acceptors (Lipinski definition) is 4. The summed E-state index contributed by atoms with van der Waals surface area (Å²) in [4.78, 5) is 4.91. The van der Waals surface area contributed by atoms with Crippen LogP contribution in [0.25, 0.3) is 0 Å². The Bertz CT molecular complexity index is 632. The van der Waals surface area contributed by atoms with Gasteiger partial charge in [0.15, 0.2) is 0 Å². The Morgan fingerprint density at radius 3 is 2.59 bits per heavy atom. The summed E-state index contributed by atoms with van der Waals surface area (Å²) in [6.45, 7) is 3.73. The van der Waals surface area contributed by atoms with Gasteiger partial charge in [-0.15, -0.1) is 11.3 Å². The first kappa shape index (κ1) is 12.1. The fourth-order valence-corrected chi connectivity index (χ4v) is 3.69. The van der Waals surface area contributed by atoms with Crippen molar-refractivity contribution in [3.8, 4) is 0 Å². The van der Waals surface area contributed by atoms with Crippen molar-refractivity contribution in [2.75, 3.05) is 4.72 Å². The molecule has 0 aliphatic heterocycles. The monoisotopic (exact) mass is 268 g/mol. The second-order valence-corrected chi connectivity index (χ2v) is 6.92. The summed E-state index contributed by atoms with van der Waals surface area (Å²) in [5, 5.41) is 0. The van der Waals surface area contributed by atoms with E-state index in [-0.39, 0.29) is 0 Å². The molecular formula is C11H12N2O2S2. The molecule has 0 atom stereocenters. The lowest BCUT2D eigenvalue weighted by Gasteiger charge is -2.05. The van der Waals surface area contributed by atoms with Crippen LogP contribution in [0.15, 0.2) is 34.8 Å². The summed E-state index contributed by atoms with van der Waals surface area (Å²) < 4.78 is 26.8. The van der Waals surface area contributed by atoms with Crippen molar-refractivity contribution in [3.05, 3.63) is 41.0 Å².